The maximum absolute atomic E-state index is 10.9. The molecule has 0 atom stereocenters. The molecule has 17 heavy (non-hydrogen) atoms. The summed E-state index contributed by atoms with van der Waals surface area (Å²) in [5.41, 5.74) is 6.75. The number of ether oxygens (including phenoxy) is 1. The molecule has 0 spiro atoms. The van der Waals surface area contributed by atoms with Crippen molar-refractivity contribution < 1.29 is 9.53 Å². The van der Waals surface area contributed by atoms with E-state index >= 15 is 0 Å². The Kier molecular flexibility index (Phi) is 4.66. The molecule has 0 unspecified atom stereocenters. The number of nitrogens with one attached hydrogen (secondary N) is 1. The van der Waals surface area contributed by atoms with Gasteiger partial charge in [0.1, 0.15) is 0 Å². The van der Waals surface area contributed by atoms with Crippen LogP contribution in [-0.2, 0) is 11.3 Å². The Bertz CT molecular complexity index is 372. The summed E-state index contributed by atoms with van der Waals surface area (Å²) in [6.45, 7) is 5.53. The summed E-state index contributed by atoms with van der Waals surface area (Å²) in [5, 5.41) is 3.38. The molecule has 0 radical (unpaired) electrons. The SMILES string of the molecule is COCC(C)(C)NCc1ccc(C(N)=O)cc1. The van der Waals surface area contributed by atoms with Crippen molar-refractivity contribution >= 4 is 5.91 Å². The first-order valence-corrected chi connectivity index (χ1v) is 5.57. The van der Waals surface area contributed by atoms with Crippen LogP contribution < -0.4 is 11.1 Å². The first kappa shape index (κ1) is 13.7. The van der Waals surface area contributed by atoms with Crippen molar-refractivity contribution in [1.29, 1.82) is 0 Å². The highest BCUT2D eigenvalue weighted by Gasteiger charge is 2.16. The molecule has 0 aliphatic carbocycles. The van der Waals surface area contributed by atoms with Gasteiger partial charge < -0.3 is 15.8 Å². The summed E-state index contributed by atoms with van der Waals surface area (Å²) in [7, 11) is 1.69. The maximum atomic E-state index is 10.9. The van der Waals surface area contributed by atoms with E-state index in [-0.39, 0.29) is 5.54 Å². The summed E-state index contributed by atoms with van der Waals surface area (Å²) < 4.78 is 5.12. The number of hydrogen-bond acceptors (Lipinski definition) is 3. The minimum Gasteiger partial charge on any atom is -0.383 e. The zero-order chi connectivity index (χ0) is 12.9. The zero-order valence-electron chi connectivity index (χ0n) is 10.6. The van der Waals surface area contributed by atoms with Gasteiger partial charge in [-0.3, -0.25) is 4.79 Å². The lowest BCUT2D eigenvalue weighted by Gasteiger charge is -2.25. The minimum absolute atomic E-state index is 0.0723. The molecule has 1 amide bonds. The second-order valence-corrected chi connectivity index (χ2v) is 4.73. The van der Waals surface area contributed by atoms with Gasteiger partial charge in [0, 0.05) is 24.8 Å². The van der Waals surface area contributed by atoms with Crippen LogP contribution >= 0.6 is 0 Å². The zero-order valence-corrected chi connectivity index (χ0v) is 10.6. The van der Waals surface area contributed by atoms with Crippen LogP contribution in [0.5, 0.6) is 0 Å². The van der Waals surface area contributed by atoms with Crippen LogP contribution in [0.1, 0.15) is 29.8 Å². The van der Waals surface area contributed by atoms with Crippen molar-refractivity contribution in [2.45, 2.75) is 25.9 Å². The Balaban J connectivity index is 2.55. The second-order valence-electron chi connectivity index (χ2n) is 4.73. The number of benzene rings is 1. The van der Waals surface area contributed by atoms with Gasteiger partial charge in [0.25, 0.3) is 0 Å². The van der Waals surface area contributed by atoms with E-state index in [1.54, 1.807) is 19.2 Å². The third kappa shape index (κ3) is 4.54. The molecule has 0 bridgehead atoms. The molecular formula is C13H20N2O2. The first-order valence-electron chi connectivity index (χ1n) is 5.57. The highest BCUT2D eigenvalue weighted by Crippen LogP contribution is 2.07. The molecule has 3 N–H and O–H groups in total. The Morgan fingerprint density at radius 3 is 2.41 bits per heavy atom. The van der Waals surface area contributed by atoms with Crippen molar-refractivity contribution in [3.05, 3.63) is 35.4 Å². The topological polar surface area (TPSA) is 64.3 Å². The van der Waals surface area contributed by atoms with Crippen molar-refractivity contribution in [2.24, 2.45) is 5.73 Å². The molecule has 0 saturated heterocycles. The standard InChI is InChI=1S/C13H20N2O2/c1-13(2,9-17-3)15-8-10-4-6-11(7-5-10)12(14)16/h4-7,15H,8-9H2,1-3H3,(H2,14,16). The van der Waals surface area contributed by atoms with Gasteiger partial charge in [0.15, 0.2) is 0 Å². The number of methoxy groups -OCH3 is 1. The fourth-order valence-electron chi connectivity index (χ4n) is 1.54. The molecule has 0 heterocycles. The van der Waals surface area contributed by atoms with Crippen LogP contribution in [-0.4, -0.2) is 25.2 Å². The summed E-state index contributed by atoms with van der Waals surface area (Å²) in [6, 6.07) is 7.28. The van der Waals surface area contributed by atoms with Gasteiger partial charge in [-0.1, -0.05) is 12.1 Å². The molecule has 0 aliphatic rings. The van der Waals surface area contributed by atoms with Crippen LogP contribution in [0.4, 0.5) is 0 Å². The third-order valence-corrected chi connectivity index (χ3v) is 2.51. The number of carbonyl (C=O) groups is 1. The Hall–Kier alpha value is -1.39. The van der Waals surface area contributed by atoms with Crippen LogP contribution in [0.3, 0.4) is 0 Å². The number of rotatable bonds is 6. The second kappa shape index (κ2) is 5.80. The summed E-state index contributed by atoms with van der Waals surface area (Å²) in [6.07, 6.45) is 0. The van der Waals surface area contributed by atoms with Crippen LogP contribution in [0.25, 0.3) is 0 Å². The lowest BCUT2D eigenvalue weighted by molar-refractivity contribution is 0.100. The Morgan fingerprint density at radius 1 is 1.35 bits per heavy atom. The van der Waals surface area contributed by atoms with E-state index in [0.29, 0.717) is 12.2 Å². The van der Waals surface area contributed by atoms with Crippen molar-refractivity contribution in [3.8, 4) is 0 Å². The Morgan fingerprint density at radius 2 is 1.94 bits per heavy atom. The van der Waals surface area contributed by atoms with Gasteiger partial charge in [0.2, 0.25) is 5.91 Å². The number of nitrogens with two attached hydrogens (primary N) is 1. The van der Waals surface area contributed by atoms with Crippen LogP contribution in [0.2, 0.25) is 0 Å². The molecular weight excluding hydrogens is 216 g/mol. The number of carbonyl (C=O) groups excluding carboxylic acids is 1. The highest BCUT2D eigenvalue weighted by atomic mass is 16.5. The fourth-order valence-corrected chi connectivity index (χ4v) is 1.54. The third-order valence-electron chi connectivity index (χ3n) is 2.51. The average Bonchev–Trinajstić information content (AvgIpc) is 2.27. The number of hydrogen-bond donors (Lipinski definition) is 2. The van der Waals surface area contributed by atoms with E-state index in [1.807, 2.05) is 12.1 Å². The molecule has 0 aliphatic heterocycles. The van der Waals surface area contributed by atoms with Crippen LogP contribution in [0.15, 0.2) is 24.3 Å². The molecule has 94 valence electrons. The quantitative estimate of drug-likeness (QED) is 0.782. The van der Waals surface area contributed by atoms with Gasteiger partial charge in [-0.15, -0.1) is 0 Å². The molecule has 0 fully saturated rings. The van der Waals surface area contributed by atoms with Crippen LogP contribution in [0, 0.1) is 0 Å². The fraction of sp³-hybridized carbons (Fsp3) is 0.462. The van der Waals surface area contributed by atoms with Gasteiger partial charge in [-0.05, 0) is 31.5 Å². The number of primary amides is 1. The molecule has 1 rings (SSSR count). The van der Waals surface area contributed by atoms with Crippen molar-refractivity contribution in [2.75, 3.05) is 13.7 Å². The summed E-state index contributed by atoms with van der Waals surface area (Å²) in [5.74, 6) is -0.399. The molecule has 1 aromatic rings. The largest absolute Gasteiger partial charge is 0.383 e. The van der Waals surface area contributed by atoms with Crippen molar-refractivity contribution in [1.82, 2.24) is 5.32 Å². The lowest BCUT2D eigenvalue weighted by Crippen LogP contribution is -2.42. The molecule has 0 aromatic heterocycles. The minimum atomic E-state index is -0.399. The van der Waals surface area contributed by atoms with E-state index in [1.165, 1.54) is 0 Å². The lowest BCUT2D eigenvalue weighted by atomic mass is 10.1. The molecule has 4 heteroatoms. The van der Waals surface area contributed by atoms with Gasteiger partial charge in [0.05, 0.1) is 6.61 Å². The van der Waals surface area contributed by atoms with E-state index in [9.17, 15) is 4.79 Å². The van der Waals surface area contributed by atoms with E-state index in [4.69, 9.17) is 10.5 Å². The van der Waals surface area contributed by atoms with E-state index in [2.05, 4.69) is 19.2 Å². The average molecular weight is 236 g/mol. The molecule has 1 aromatic carbocycles. The monoisotopic (exact) mass is 236 g/mol. The van der Waals surface area contributed by atoms with Gasteiger partial charge in [-0.25, -0.2) is 0 Å². The smallest absolute Gasteiger partial charge is 0.248 e. The predicted octanol–water partition coefficient (Wildman–Crippen LogP) is 1.30. The van der Waals surface area contributed by atoms with Crippen molar-refractivity contribution in [3.63, 3.8) is 0 Å². The maximum Gasteiger partial charge on any atom is 0.248 e. The normalized spacial score (nSPS) is 11.5. The predicted molar refractivity (Wildman–Crippen MR) is 67.8 cm³/mol. The van der Waals surface area contributed by atoms with E-state index < -0.39 is 5.91 Å². The molecule has 4 nitrogen and oxygen atoms in total. The summed E-state index contributed by atoms with van der Waals surface area (Å²) in [4.78, 5) is 10.9. The number of amides is 1. The van der Waals surface area contributed by atoms with E-state index in [0.717, 1.165) is 12.1 Å². The molecule has 0 saturated carbocycles. The van der Waals surface area contributed by atoms with Gasteiger partial charge >= 0.3 is 0 Å². The first-order chi connectivity index (χ1) is 7.94. The Labute approximate surface area is 102 Å². The summed E-state index contributed by atoms with van der Waals surface area (Å²) >= 11 is 0. The van der Waals surface area contributed by atoms with Gasteiger partial charge in [-0.2, -0.15) is 0 Å². The highest BCUT2D eigenvalue weighted by molar-refractivity contribution is 5.92.